The summed E-state index contributed by atoms with van der Waals surface area (Å²) in [6.45, 7) is 7.90. The fraction of sp³-hybridized carbons (Fsp3) is 0.250. The molecule has 38 heavy (non-hydrogen) atoms. The zero-order valence-electron chi connectivity index (χ0n) is 21.8. The van der Waals surface area contributed by atoms with Gasteiger partial charge in [-0.3, -0.25) is 14.9 Å². The van der Waals surface area contributed by atoms with E-state index >= 15 is 0 Å². The number of H-pyrrole nitrogens is 1. The summed E-state index contributed by atoms with van der Waals surface area (Å²) in [4.78, 5) is 31.2. The highest BCUT2D eigenvalue weighted by atomic mass is 16.1. The fourth-order valence-corrected chi connectivity index (χ4v) is 4.19. The molecule has 5 aromatic rings. The predicted molar refractivity (Wildman–Crippen MR) is 143 cm³/mol. The molecule has 5 aromatic heterocycles. The van der Waals surface area contributed by atoms with Crippen LogP contribution in [0.25, 0.3) is 17.2 Å². The van der Waals surface area contributed by atoms with Crippen LogP contribution in [0.4, 0.5) is 0 Å². The first kappa shape index (κ1) is 24.9. The van der Waals surface area contributed by atoms with E-state index < -0.39 is 0 Å². The second kappa shape index (κ2) is 10.7. The predicted octanol–water partition coefficient (Wildman–Crippen LogP) is 4.24. The Kier molecular flexibility index (Phi) is 7.03. The molecule has 0 aliphatic rings. The summed E-state index contributed by atoms with van der Waals surface area (Å²) in [5, 5.41) is 14.6. The van der Waals surface area contributed by atoms with Crippen LogP contribution in [-0.2, 0) is 6.42 Å². The Morgan fingerprint density at radius 3 is 2.50 bits per heavy atom. The molecule has 0 aromatic carbocycles. The maximum absolute atomic E-state index is 13.0. The Bertz CT molecular complexity index is 1550. The van der Waals surface area contributed by atoms with Gasteiger partial charge in [0.15, 0.2) is 11.6 Å². The summed E-state index contributed by atoms with van der Waals surface area (Å²) in [5.74, 6) is 1.04. The van der Waals surface area contributed by atoms with Crippen molar-refractivity contribution >= 4 is 5.91 Å². The van der Waals surface area contributed by atoms with Crippen molar-refractivity contribution in [1.82, 2.24) is 45.2 Å². The van der Waals surface area contributed by atoms with Gasteiger partial charge >= 0.3 is 0 Å². The molecule has 2 N–H and O–H groups in total. The Morgan fingerprint density at radius 2 is 1.87 bits per heavy atom. The molecule has 0 aliphatic heterocycles. The van der Waals surface area contributed by atoms with E-state index in [1.807, 2.05) is 64.2 Å². The van der Waals surface area contributed by atoms with Crippen LogP contribution in [0.1, 0.15) is 63.8 Å². The first-order valence-electron chi connectivity index (χ1n) is 12.5. The van der Waals surface area contributed by atoms with E-state index in [-0.39, 0.29) is 11.9 Å². The lowest BCUT2D eigenvalue weighted by molar-refractivity contribution is 0.0930. The van der Waals surface area contributed by atoms with Crippen molar-refractivity contribution in [3.8, 4) is 17.2 Å². The van der Waals surface area contributed by atoms with Crippen molar-refractivity contribution in [2.75, 3.05) is 0 Å². The topological polar surface area (TPSA) is 127 Å². The smallest absolute Gasteiger partial charge is 0.270 e. The normalized spacial score (nSPS) is 11.9. The summed E-state index contributed by atoms with van der Waals surface area (Å²) in [7, 11) is 0. The zero-order valence-corrected chi connectivity index (χ0v) is 21.8. The number of nitrogens with zero attached hydrogens (tertiary/aromatic N) is 7. The molecule has 10 heteroatoms. The van der Waals surface area contributed by atoms with Crippen molar-refractivity contribution in [1.29, 1.82) is 0 Å². The van der Waals surface area contributed by atoms with Crippen LogP contribution < -0.4 is 5.32 Å². The highest BCUT2D eigenvalue weighted by Crippen LogP contribution is 2.20. The number of pyridine rings is 2. The van der Waals surface area contributed by atoms with Crippen LogP contribution >= 0.6 is 0 Å². The number of amides is 1. The van der Waals surface area contributed by atoms with Gasteiger partial charge in [-0.2, -0.15) is 10.2 Å². The first-order chi connectivity index (χ1) is 18.4. The van der Waals surface area contributed by atoms with Crippen molar-refractivity contribution in [2.45, 2.75) is 46.6 Å². The van der Waals surface area contributed by atoms with E-state index in [0.717, 1.165) is 45.3 Å². The second-order valence-electron chi connectivity index (χ2n) is 9.32. The van der Waals surface area contributed by atoms with E-state index in [2.05, 4.69) is 35.6 Å². The van der Waals surface area contributed by atoms with Crippen molar-refractivity contribution in [2.24, 2.45) is 0 Å². The molecular formula is C28H29N9O. The van der Waals surface area contributed by atoms with Crippen LogP contribution in [0, 0.1) is 20.8 Å². The number of hydrogen-bond donors (Lipinski definition) is 2. The van der Waals surface area contributed by atoms with Crippen LogP contribution in [0.2, 0.25) is 0 Å². The summed E-state index contributed by atoms with van der Waals surface area (Å²) in [6, 6.07) is 11.1. The number of aryl methyl sites for hydroxylation is 3. The largest absolute Gasteiger partial charge is 0.344 e. The van der Waals surface area contributed by atoms with Gasteiger partial charge in [-0.15, -0.1) is 0 Å². The molecule has 192 valence electrons. The second-order valence-corrected chi connectivity index (χ2v) is 9.32. The number of carbonyl (C=O) groups is 1. The summed E-state index contributed by atoms with van der Waals surface area (Å²) in [6.07, 6.45) is 8.42. The lowest BCUT2D eigenvalue weighted by Crippen LogP contribution is -2.29. The Hall–Kier alpha value is -4.73. The highest BCUT2D eigenvalue weighted by molar-refractivity contribution is 5.92. The molecular weight excluding hydrogens is 478 g/mol. The molecule has 0 saturated heterocycles. The molecule has 1 atom stereocenters. The highest BCUT2D eigenvalue weighted by Gasteiger charge is 2.17. The van der Waals surface area contributed by atoms with E-state index in [4.69, 9.17) is 4.98 Å². The molecule has 5 rings (SSSR count). The van der Waals surface area contributed by atoms with Gasteiger partial charge in [0.1, 0.15) is 5.69 Å². The number of nitrogens with one attached hydrogen (secondary N) is 2. The minimum atomic E-state index is -0.255. The van der Waals surface area contributed by atoms with Crippen molar-refractivity contribution in [3.63, 3.8) is 0 Å². The van der Waals surface area contributed by atoms with Gasteiger partial charge in [0.25, 0.3) is 5.91 Å². The molecule has 0 saturated carbocycles. The Morgan fingerprint density at radius 1 is 1.00 bits per heavy atom. The van der Waals surface area contributed by atoms with Crippen LogP contribution in [0.3, 0.4) is 0 Å². The number of carbonyl (C=O) groups excluding carboxylic acids is 1. The van der Waals surface area contributed by atoms with Crippen LogP contribution in [0.15, 0.2) is 61.2 Å². The molecule has 0 aliphatic carbocycles. The number of hydrogen-bond acceptors (Lipinski definition) is 7. The van der Waals surface area contributed by atoms with Gasteiger partial charge < -0.3 is 5.32 Å². The zero-order chi connectivity index (χ0) is 26.6. The molecule has 0 unspecified atom stereocenters. The van der Waals surface area contributed by atoms with Gasteiger partial charge in [-0.05, 0) is 68.7 Å². The molecule has 0 radical (unpaired) electrons. The fourth-order valence-electron chi connectivity index (χ4n) is 4.19. The van der Waals surface area contributed by atoms with Crippen molar-refractivity contribution < 1.29 is 4.79 Å². The average Bonchev–Trinajstić information content (AvgIpc) is 3.54. The maximum atomic E-state index is 13.0. The van der Waals surface area contributed by atoms with Gasteiger partial charge in [-0.25, -0.2) is 19.6 Å². The van der Waals surface area contributed by atoms with E-state index in [1.165, 1.54) is 0 Å². The maximum Gasteiger partial charge on any atom is 0.270 e. The molecule has 0 bridgehead atoms. The van der Waals surface area contributed by atoms with Crippen LogP contribution in [-0.4, -0.2) is 45.8 Å². The number of rotatable bonds is 8. The van der Waals surface area contributed by atoms with E-state index in [9.17, 15) is 4.79 Å². The third-order valence-electron chi connectivity index (χ3n) is 6.12. The van der Waals surface area contributed by atoms with E-state index in [0.29, 0.717) is 24.4 Å². The third-order valence-corrected chi connectivity index (χ3v) is 6.12. The van der Waals surface area contributed by atoms with E-state index in [1.54, 1.807) is 29.3 Å². The summed E-state index contributed by atoms with van der Waals surface area (Å²) in [5.41, 5.74) is 6.69. The molecule has 1 amide bonds. The SMILES string of the molecule is CC[C@@H](NC(=O)c1ccc(-c2nc(C)cc(Cc3cc(C)[nH]n3)n2)cn1)c1ccc(-n2cc(C)cn2)nc1. The minimum Gasteiger partial charge on any atom is -0.344 e. The standard InChI is InChI=1S/C28H29N9O/c1-5-24(20-7-9-26(30-14-20)37-16-17(2)13-31-37)34-28(38)25-8-6-21(15-29-25)27-32-18(3)10-22(33-27)12-23-11-19(4)35-36-23/h6-11,13-16,24H,5,12H2,1-4H3,(H,34,38)(H,35,36)/t24-/m1/s1. The molecule has 5 heterocycles. The van der Waals surface area contributed by atoms with Gasteiger partial charge in [0.05, 0.1) is 23.6 Å². The molecule has 0 spiro atoms. The lowest BCUT2D eigenvalue weighted by Gasteiger charge is -2.17. The molecule has 10 nitrogen and oxygen atoms in total. The third kappa shape index (κ3) is 5.64. The first-order valence-corrected chi connectivity index (χ1v) is 12.5. The Labute approximate surface area is 220 Å². The average molecular weight is 508 g/mol. The molecule has 0 fully saturated rings. The van der Waals surface area contributed by atoms with Gasteiger partial charge in [-0.1, -0.05) is 13.0 Å². The van der Waals surface area contributed by atoms with Gasteiger partial charge in [0, 0.05) is 42.0 Å². The van der Waals surface area contributed by atoms with Gasteiger partial charge in [0.2, 0.25) is 0 Å². The monoisotopic (exact) mass is 507 g/mol. The number of aromatic nitrogens is 8. The quantitative estimate of drug-likeness (QED) is 0.322. The summed E-state index contributed by atoms with van der Waals surface area (Å²) >= 11 is 0. The van der Waals surface area contributed by atoms with Crippen molar-refractivity contribution in [3.05, 3.63) is 101 Å². The minimum absolute atomic E-state index is 0.196. The number of aromatic amines is 1. The lowest BCUT2D eigenvalue weighted by atomic mass is 10.1. The van der Waals surface area contributed by atoms with Crippen LogP contribution in [0.5, 0.6) is 0 Å². The summed E-state index contributed by atoms with van der Waals surface area (Å²) < 4.78 is 1.73. The Balaban J connectivity index is 1.28.